The maximum atomic E-state index is 12.4. The van der Waals surface area contributed by atoms with Gasteiger partial charge in [0.15, 0.2) is 0 Å². The van der Waals surface area contributed by atoms with Gasteiger partial charge in [0.05, 0.1) is 24.9 Å². The first-order chi connectivity index (χ1) is 9.93. The number of ether oxygens (including phenoxy) is 1. The van der Waals surface area contributed by atoms with Gasteiger partial charge in [-0.15, -0.1) is 0 Å². The molecule has 0 spiro atoms. The highest BCUT2D eigenvalue weighted by molar-refractivity contribution is 5.62. The van der Waals surface area contributed by atoms with E-state index in [1.807, 2.05) is 4.90 Å². The van der Waals surface area contributed by atoms with Gasteiger partial charge in [-0.05, 0) is 12.1 Å². The van der Waals surface area contributed by atoms with E-state index in [1.165, 1.54) is 12.0 Å². The van der Waals surface area contributed by atoms with Crippen LogP contribution in [0.5, 0.6) is 5.75 Å². The summed E-state index contributed by atoms with van der Waals surface area (Å²) in [6, 6.07) is 7.21. The number of nitrogens with zero attached hydrogens (tertiary/aromatic N) is 3. The maximum Gasteiger partial charge on any atom is 0.401 e. The summed E-state index contributed by atoms with van der Waals surface area (Å²) in [5, 5.41) is 9.14. The highest BCUT2D eigenvalue weighted by Crippen LogP contribution is 2.27. The Hall–Kier alpha value is -1.94. The molecule has 21 heavy (non-hydrogen) atoms. The molecule has 0 radical (unpaired) electrons. The Labute approximate surface area is 121 Å². The van der Waals surface area contributed by atoms with E-state index >= 15 is 0 Å². The van der Waals surface area contributed by atoms with Crippen molar-refractivity contribution in [2.75, 3.05) is 44.7 Å². The molecule has 0 amide bonds. The number of halogens is 3. The highest BCUT2D eigenvalue weighted by atomic mass is 19.4. The van der Waals surface area contributed by atoms with Crippen LogP contribution in [-0.4, -0.2) is 50.9 Å². The topological polar surface area (TPSA) is 39.5 Å². The molecule has 1 aromatic carbocycles. The van der Waals surface area contributed by atoms with Crippen molar-refractivity contribution >= 4 is 5.69 Å². The zero-order chi connectivity index (χ0) is 15.5. The Balaban J connectivity index is 2.07. The van der Waals surface area contributed by atoms with Crippen molar-refractivity contribution < 1.29 is 17.9 Å². The SMILES string of the molecule is COc1ccc(C#N)c(N2CCN(CC(F)(F)F)CC2)c1. The van der Waals surface area contributed by atoms with E-state index < -0.39 is 12.7 Å². The molecule has 0 N–H and O–H groups in total. The van der Waals surface area contributed by atoms with Gasteiger partial charge in [-0.2, -0.15) is 18.4 Å². The first kappa shape index (κ1) is 15.4. The second-order valence-electron chi connectivity index (χ2n) is 4.87. The van der Waals surface area contributed by atoms with Crippen LogP contribution in [0.15, 0.2) is 18.2 Å². The lowest BCUT2D eigenvalue weighted by Crippen LogP contribution is -2.49. The molecule has 0 saturated carbocycles. The zero-order valence-electron chi connectivity index (χ0n) is 11.7. The van der Waals surface area contributed by atoms with E-state index in [0.717, 1.165) is 0 Å². The normalized spacial score (nSPS) is 16.6. The largest absolute Gasteiger partial charge is 0.497 e. The molecule has 0 unspecified atom stereocenters. The van der Waals surface area contributed by atoms with Crippen LogP contribution in [0.4, 0.5) is 18.9 Å². The highest BCUT2D eigenvalue weighted by Gasteiger charge is 2.32. The van der Waals surface area contributed by atoms with Crippen LogP contribution >= 0.6 is 0 Å². The van der Waals surface area contributed by atoms with E-state index in [0.29, 0.717) is 43.2 Å². The summed E-state index contributed by atoms with van der Waals surface area (Å²) >= 11 is 0. The van der Waals surface area contributed by atoms with Crippen molar-refractivity contribution in [3.63, 3.8) is 0 Å². The third-order valence-electron chi connectivity index (χ3n) is 3.44. The van der Waals surface area contributed by atoms with Gasteiger partial charge in [-0.1, -0.05) is 0 Å². The number of hydrogen-bond donors (Lipinski definition) is 0. The van der Waals surface area contributed by atoms with Crippen LogP contribution in [0.25, 0.3) is 0 Å². The summed E-state index contributed by atoms with van der Waals surface area (Å²) < 4.78 is 42.2. The lowest BCUT2D eigenvalue weighted by Gasteiger charge is -2.36. The first-order valence-corrected chi connectivity index (χ1v) is 6.55. The Morgan fingerprint density at radius 3 is 2.43 bits per heavy atom. The second kappa shape index (κ2) is 6.22. The molecule has 1 aromatic rings. The second-order valence-corrected chi connectivity index (χ2v) is 4.87. The van der Waals surface area contributed by atoms with Crippen LogP contribution < -0.4 is 9.64 Å². The van der Waals surface area contributed by atoms with Gasteiger partial charge in [0.25, 0.3) is 0 Å². The average Bonchev–Trinajstić information content (AvgIpc) is 2.45. The van der Waals surface area contributed by atoms with Gasteiger partial charge >= 0.3 is 6.18 Å². The third-order valence-corrected chi connectivity index (χ3v) is 3.44. The number of benzene rings is 1. The van der Waals surface area contributed by atoms with E-state index in [1.54, 1.807) is 18.2 Å². The molecule has 1 aliphatic rings. The van der Waals surface area contributed by atoms with E-state index in [4.69, 9.17) is 10.00 Å². The lowest BCUT2D eigenvalue weighted by molar-refractivity contribution is -0.146. The van der Waals surface area contributed by atoms with Crippen LogP contribution in [0.3, 0.4) is 0 Å². The third kappa shape index (κ3) is 4.02. The molecular formula is C14H16F3N3O. The van der Waals surface area contributed by atoms with Gasteiger partial charge in [-0.3, -0.25) is 4.90 Å². The number of piperazine rings is 1. The maximum absolute atomic E-state index is 12.4. The molecule has 1 heterocycles. The van der Waals surface area contributed by atoms with E-state index in [2.05, 4.69) is 6.07 Å². The van der Waals surface area contributed by atoms with Gasteiger partial charge < -0.3 is 9.64 Å². The number of methoxy groups -OCH3 is 1. The Morgan fingerprint density at radius 2 is 1.90 bits per heavy atom. The van der Waals surface area contributed by atoms with Crippen LogP contribution in [0.2, 0.25) is 0 Å². The van der Waals surface area contributed by atoms with Crippen molar-refractivity contribution in [1.82, 2.24) is 4.90 Å². The fourth-order valence-corrected chi connectivity index (χ4v) is 2.40. The summed E-state index contributed by atoms with van der Waals surface area (Å²) in [5.74, 6) is 0.627. The Bertz CT molecular complexity index is 531. The summed E-state index contributed by atoms with van der Waals surface area (Å²) in [6.45, 7) is 0.670. The molecule has 114 valence electrons. The molecule has 0 aliphatic carbocycles. The number of rotatable bonds is 3. The van der Waals surface area contributed by atoms with Crippen LogP contribution in [-0.2, 0) is 0 Å². The molecule has 0 bridgehead atoms. The number of anilines is 1. The predicted octanol–water partition coefficient (Wildman–Crippen LogP) is 2.25. The van der Waals surface area contributed by atoms with Gasteiger partial charge in [0.2, 0.25) is 0 Å². The predicted molar refractivity (Wildman–Crippen MR) is 72.4 cm³/mol. The summed E-state index contributed by atoms with van der Waals surface area (Å²) in [7, 11) is 1.53. The minimum Gasteiger partial charge on any atom is -0.497 e. The molecule has 7 heteroatoms. The first-order valence-electron chi connectivity index (χ1n) is 6.55. The molecular weight excluding hydrogens is 283 g/mol. The standard InChI is InChI=1S/C14H16F3N3O/c1-21-12-3-2-11(9-18)13(8-12)20-6-4-19(5-7-20)10-14(15,16)17/h2-3,8H,4-7,10H2,1H3. The quantitative estimate of drug-likeness (QED) is 0.858. The van der Waals surface area contributed by atoms with Crippen molar-refractivity contribution in [1.29, 1.82) is 5.26 Å². The van der Waals surface area contributed by atoms with Crippen molar-refractivity contribution in [3.8, 4) is 11.8 Å². The Morgan fingerprint density at radius 1 is 1.24 bits per heavy atom. The molecule has 4 nitrogen and oxygen atoms in total. The van der Waals surface area contributed by atoms with Crippen molar-refractivity contribution in [2.45, 2.75) is 6.18 Å². The lowest BCUT2D eigenvalue weighted by atomic mass is 10.1. The Kier molecular flexibility index (Phi) is 4.58. The zero-order valence-corrected chi connectivity index (χ0v) is 11.7. The van der Waals surface area contributed by atoms with Gasteiger partial charge in [0.1, 0.15) is 11.8 Å². The van der Waals surface area contributed by atoms with Gasteiger partial charge in [0, 0.05) is 32.2 Å². The van der Waals surface area contributed by atoms with E-state index in [9.17, 15) is 13.2 Å². The van der Waals surface area contributed by atoms with Crippen molar-refractivity contribution in [2.24, 2.45) is 0 Å². The molecule has 1 aliphatic heterocycles. The minimum absolute atomic E-state index is 0.321. The van der Waals surface area contributed by atoms with Crippen LogP contribution in [0, 0.1) is 11.3 Å². The fourth-order valence-electron chi connectivity index (χ4n) is 2.40. The molecule has 0 aromatic heterocycles. The molecule has 1 saturated heterocycles. The monoisotopic (exact) mass is 299 g/mol. The minimum atomic E-state index is -4.17. The van der Waals surface area contributed by atoms with E-state index in [-0.39, 0.29) is 0 Å². The smallest absolute Gasteiger partial charge is 0.401 e. The summed E-state index contributed by atoms with van der Waals surface area (Å²) in [6.07, 6.45) is -4.17. The summed E-state index contributed by atoms with van der Waals surface area (Å²) in [4.78, 5) is 3.30. The fraction of sp³-hybridized carbons (Fsp3) is 0.500. The number of alkyl halides is 3. The molecule has 1 fully saturated rings. The summed E-state index contributed by atoms with van der Waals surface area (Å²) in [5.41, 5.74) is 1.21. The van der Waals surface area contributed by atoms with Gasteiger partial charge in [-0.25, -0.2) is 0 Å². The molecule has 0 atom stereocenters. The number of hydrogen-bond acceptors (Lipinski definition) is 4. The average molecular weight is 299 g/mol. The molecule has 2 rings (SSSR count). The number of nitriles is 1. The van der Waals surface area contributed by atoms with Crippen LogP contribution in [0.1, 0.15) is 5.56 Å². The van der Waals surface area contributed by atoms with Crippen molar-refractivity contribution in [3.05, 3.63) is 23.8 Å².